The van der Waals surface area contributed by atoms with E-state index in [4.69, 9.17) is 4.79 Å². The Balaban J connectivity index is -0.00000000333. The molecular formula is C2H6OSrTa. The summed E-state index contributed by atoms with van der Waals surface area (Å²) in [5.74, 6) is 0. The Kier molecular flexibility index (Phi) is 53.3. The van der Waals surface area contributed by atoms with Gasteiger partial charge in [0.2, 0.25) is 0 Å². The van der Waals surface area contributed by atoms with Crippen molar-refractivity contribution in [1.29, 1.82) is 0 Å². The maximum Gasteiger partial charge on any atom is 2.00 e. The van der Waals surface area contributed by atoms with E-state index < -0.39 is 0 Å². The number of aldehydes is 1. The first kappa shape index (κ1) is 15.8. The third-order valence-corrected chi connectivity index (χ3v) is 0. The number of hydrogen-bond acceptors (Lipinski definition) is 1. The van der Waals surface area contributed by atoms with Gasteiger partial charge in [-0.15, -0.1) is 0 Å². The monoisotopic (exact) mass is 315 g/mol. The van der Waals surface area contributed by atoms with Crippen molar-refractivity contribution >= 4 is 51.8 Å². The van der Waals surface area contributed by atoms with Crippen molar-refractivity contribution in [2.45, 2.75) is 6.92 Å². The minimum absolute atomic E-state index is 0. The second-order valence-electron chi connectivity index (χ2n) is 0.236. The molecule has 1 radical (unpaired) electrons. The number of hydrogen-bond donors (Lipinski definition) is 0. The van der Waals surface area contributed by atoms with Crippen molar-refractivity contribution in [2.75, 3.05) is 0 Å². The van der Waals surface area contributed by atoms with Crippen LogP contribution in [-0.2, 0) is 27.2 Å². The number of carbonyl (C=O) groups is 1. The first-order valence-corrected chi connectivity index (χ1v) is 0.813. The molecule has 0 aliphatic carbocycles. The van der Waals surface area contributed by atoms with E-state index in [0.717, 1.165) is 6.29 Å². The smallest absolute Gasteiger partial charge is 1.00 e. The van der Waals surface area contributed by atoms with Crippen LogP contribution in [0.5, 0.6) is 0 Å². The zero-order chi connectivity index (χ0) is 2.71. The van der Waals surface area contributed by atoms with Crippen molar-refractivity contribution in [2.24, 2.45) is 0 Å². The molecule has 0 rings (SSSR count). The molecule has 27 valence electrons. The van der Waals surface area contributed by atoms with Crippen molar-refractivity contribution in [3.8, 4) is 0 Å². The number of rotatable bonds is 0. The summed E-state index contributed by atoms with van der Waals surface area (Å²) in [7, 11) is 0. The van der Waals surface area contributed by atoms with Gasteiger partial charge in [0.15, 0.2) is 0 Å². The van der Waals surface area contributed by atoms with E-state index >= 15 is 0 Å². The molecule has 0 bridgehead atoms. The third-order valence-electron chi connectivity index (χ3n) is 0. The second-order valence-corrected chi connectivity index (χ2v) is 0.236. The third kappa shape index (κ3) is 24.9. The summed E-state index contributed by atoms with van der Waals surface area (Å²) in [6, 6.07) is 0. The first-order chi connectivity index (χ1) is 1.41. The Morgan fingerprint density at radius 1 is 1.80 bits per heavy atom. The summed E-state index contributed by atoms with van der Waals surface area (Å²) in [5.41, 5.74) is 0. The van der Waals surface area contributed by atoms with Gasteiger partial charge in [0.1, 0.15) is 6.29 Å². The van der Waals surface area contributed by atoms with Crippen molar-refractivity contribution in [1.82, 2.24) is 0 Å². The summed E-state index contributed by atoms with van der Waals surface area (Å²) in [6.07, 6.45) is 0.750. The number of carbonyl (C=O) groups excluding carboxylic acids is 1. The van der Waals surface area contributed by atoms with E-state index in [1.807, 2.05) is 0 Å². The van der Waals surface area contributed by atoms with E-state index in [9.17, 15) is 0 Å². The van der Waals surface area contributed by atoms with Crippen LogP contribution in [-0.4, -0.2) is 51.8 Å². The van der Waals surface area contributed by atoms with E-state index in [0.29, 0.717) is 0 Å². The van der Waals surface area contributed by atoms with Gasteiger partial charge >= 0.3 is 45.5 Å². The maximum absolute atomic E-state index is 8.81. The predicted octanol–water partition coefficient (Wildman–Crippen LogP) is 0.0469. The van der Waals surface area contributed by atoms with Gasteiger partial charge in [-0.25, -0.2) is 0 Å². The van der Waals surface area contributed by atoms with Gasteiger partial charge in [-0.1, -0.05) is 0 Å². The molecule has 0 N–H and O–H groups in total. The largest absolute Gasteiger partial charge is 2.00 e. The van der Waals surface area contributed by atoms with Crippen LogP contribution in [0.15, 0.2) is 0 Å². The van der Waals surface area contributed by atoms with Crippen LogP contribution >= 0.6 is 0 Å². The molecule has 0 saturated heterocycles. The summed E-state index contributed by atoms with van der Waals surface area (Å²) in [5, 5.41) is 0. The molecule has 0 spiro atoms. The topological polar surface area (TPSA) is 17.1 Å². The summed E-state index contributed by atoms with van der Waals surface area (Å²) >= 11 is 0. The normalized spacial score (nSPS) is 2.60. The molecule has 0 atom stereocenters. The van der Waals surface area contributed by atoms with Gasteiger partial charge in [-0.05, 0) is 6.92 Å². The van der Waals surface area contributed by atoms with Crippen LogP contribution in [0, 0.1) is 0 Å². The maximum atomic E-state index is 8.81. The molecule has 0 unspecified atom stereocenters. The molecule has 0 saturated carbocycles. The zero-order valence-electron chi connectivity index (χ0n) is 5.14. The molecule has 0 aromatic heterocycles. The fourth-order valence-corrected chi connectivity index (χ4v) is 0. The molecule has 0 fully saturated rings. The molecule has 0 aromatic rings. The van der Waals surface area contributed by atoms with E-state index in [-0.39, 0.29) is 70.7 Å². The van der Waals surface area contributed by atoms with E-state index in [1.165, 1.54) is 6.92 Å². The van der Waals surface area contributed by atoms with Crippen molar-refractivity contribution in [3.63, 3.8) is 0 Å². The van der Waals surface area contributed by atoms with Gasteiger partial charge in [-0.3, -0.25) is 0 Å². The van der Waals surface area contributed by atoms with Crippen molar-refractivity contribution < 1.29 is 30.0 Å². The Morgan fingerprint density at radius 2 is 1.80 bits per heavy atom. The fourth-order valence-electron chi connectivity index (χ4n) is 0. The average molecular weight is 315 g/mol. The van der Waals surface area contributed by atoms with Crippen LogP contribution in [0.4, 0.5) is 0 Å². The minimum atomic E-state index is 0. The molecule has 5 heavy (non-hydrogen) atoms. The zero-order valence-corrected chi connectivity index (χ0v) is 9.83. The quantitative estimate of drug-likeness (QED) is 0.456. The first-order valence-electron chi connectivity index (χ1n) is 0.813. The van der Waals surface area contributed by atoms with Gasteiger partial charge in [0.05, 0.1) is 0 Å². The molecular weight excluding hydrogens is 309 g/mol. The van der Waals surface area contributed by atoms with Crippen LogP contribution in [0.3, 0.4) is 0 Å². The van der Waals surface area contributed by atoms with Crippen LogP contribution in [0.25, 0.3) is 0 Å². The molecule has 0 heterocycles. The van der Waals surface area contributed by atoms with Gasteiger partial charge < -0.3 is 7.65 Å². The SMILES string of the molecule is CC=O.[H-].[H-].[Sr+2].[Ta]. The Labute approximate surface area is 87.3 Å². The van der Waals surface area contributed by atoms with Gasteiger partial charge in [0, 0.05) is 22.4 Å². The average Bonchev–Trinajstić information content (AvgIpc) is 0.918. The fraction of sp³-hybridized carbons (Fsp3) is 0.500. The van der Waals surface area contributed by atoms with Gasteiger partial charge in [-0.2, -0.15) is 0 Å². The molecule has 1 nitrogen and oxygen atoms in total. The summed E-state index contributed by atoms with van der Waals surface area (Å²) in [6.45, 7) is 1.44. The van der Waals surface area contributed by atoms with Crippen molar-refractivity contribution in [3.05, 3.63) is 0 Å². The van der Waals surface area contributed by atoms with Crippen LogP contribution in [0.1, 0.15) is 9.78 Å². The second kappa shape index (κ2) is 16.9. The van der Waals surface area contributed by atoms with Crippen LogP contribution in [0.2, 0.25) is 0 Å². The molecule has 0 aromatic carbocycles. The summed E-state index contributed by atoms with van der Waals surface area (Å²) in [4.78, 5) is 8.81. The molecule has 0 aliphatic rings. The summed E-state index contributed by atoms with van der Waals surface area (Å²) < 4.78 is 0. The Morgan fingerprint density at radius 3 is 1.80 bits per heavy atom. The molecule has 3 heteroatoms. The van der Waals surface area contributed by atoms with E-state index in [1.54, 1.807) is 0 Å². The Bertz CT molecular complexity index is 23.2. The molecule has 0 aliphatic heterocycles. The minimum Gasteiger partial charge on any atom is -1.00 e. The standard InChI is InChI=1S/C2H4O.Sr.Ta.2H/c1-2-3;;;;/h2H,1H3;;;;/q;+2;;2*-1. The van der Waals surface area contributed by atoms with E-state index in [2.05, 4.69) is 0 Å². The van der Waals surface area contributed by atoms with Crippen LogP contribution < -0.4 is 0 Å². The predicted molar refractivity (Wildman–Crippen MR) is 19.7 cm³/mol. The molecule has 0 amide bonds. The Hall–Kier alpha value is 1.89. The van der Waals surface area contributed by atoms with Gasteiger partial charge in [0.25, 0.3) is 0 Å².